The van der Waals surface area contributed by atoms with Gasteiger partial charge in [-0.25, -0.2) is 18.1 Å². The van der Waals surface area contributed by atoms with Crippen molar-refractivity contribution in [1.82, 2.24) is 24.1 Å². The maximum Gasteiger partial charge on any atom is 0.325 e. The molecule has 2 heterocycles. The summed E-state index contributed by atoms with van der Waals surface area (Å²) in [6.45, 7) is 7.45. The first-order valence-electron chi connectivity index (χ1n) is 19.1. The fourth-order valence-electron chi connectivity index (χ4n) is 6.85. The lowest BCUT2D eigenvalue weighted by atomic mass is 9.97. The van der Waals surface area contributed by atoms with Gasteiger partial charge in [-0.05, 0) is 78.4 Å². The van der Waals surface area contributed by atoms with E-state index in [9.17, 15) is 27.6 Å². The second kappa shape index (κ2) is 17.8. The maximum atomic E-state index is 14.6. The molecule has 0 aliphatic carbocycles. The topological polar surface area (TPSA) is 148 Å². The average molecular weight is 778 g/mol. The number of ether oxygens (including phenoxy) is 1. The predicted octanol–water partition coefficient (Wildman–Crippen LogP) is 6.63. The van der Waals surface area contributed by atoms with Crippen molar-refractivity contribution in [3.63, 3.8) is 0 Å². The van der Waals surface area contributed by atoms with E-state index in [0.717, 1.165) is 42.2 Å². The van der Waals surface area contributed by atoms with Crippen molar-refractivity contribution in [2.75, 3.05) is 26.2 Å². The Labute approximate surface area is 327 Å². The van der Waals surface area contributed by atoms with E-state index < -0.39 is 27.8 Å². The number of imidazole rings is 1. The molecule has 0 radical (unpaired) electrons. The van der Waals surface area contributed by atoms with Crippen molar-refractivity contribution < 1.29 is 32.3 Å². The second-order valence-corrected chi connectivity index (χ2v) is 15.5. The standard InChI is InChI=1S/C43H47N5O7S/c1-4-7-22-46(23-8-5-2)43(52)38-28-48(29-39(49)55-6-3)40(44-38)36-20-18-33(26-37(36)42(51)47-24-21-31-14-10-12-16-34(31)27-47)41(50)45-56(53,54)35-19-17-30-13-9-11-15-32(30)25-35/h9-20,25-26,28H,4-8,21-24,27,29H2,1-3H3,(H,45,50). The molecule has 13 heteroatoms. The van der Waals surface area contributed by atoms with E-state index in [-0.39, 0.29) is 52.2 Å². The lowest BCUT2D eigenvalue weighted by molar-refractivity contribution is -0.143. The number of amides is 3. The SMILES string of the molecule is CCCCN(CCCC)C(=O)c1cn(CC(=O)OCC)c(-c2ccc(C(=O)NS(=O)(=O)c3ccc4ccccc4c3)cc2C(=O)N2CCc3ccccc3C2)n1. The molecule has 12 nitrogen and oxygen atoms in total. The predicted molar refractivity (Wildman–Crippen MR) is 214 cm³/mol. The molecular formula is C43H47N5O7S. The van der Waals surface area contributed by atoms with Crippen LogP contribution in [0.3, 0.4) is 0 Å². The van der Waals surface area contributed by atoms with Crippen LogP contribution in [0.4, 0.5) is 0 Å². The lowest BCUT2D eigenvalue weighted by Crippen LogP contribution is -2.36. The zero-order valence-corrected chi connectivity index (χ0v) is 32.8. The Hall–Kier alpha value is -5.82. The number of unbranched alkanes of at least 4 members (excludes halogenated alkanes) is 2. The summed E-state index contributed by atoms with van der Waals surface area (Å²) in [6, 6.07) is 24.0. The van der Waals surface area contributed by atoms with E-state index in [1.807, 2.05) is 36.4 Å². The number of benzene rings is 4. The highest BCUT2D eigenvalue weighted by Gasteiger charge is 2.29. The molecule has 0 fully saturated rings. The Morgan fingerprint density at radius 1 is 0.839 bits per heavy atom. The van der Waals surface area contributed by atoms with E-state index >= 15 is 0 Å². The van der Waals surface area contributed by atoms with Gasteiger partial charge in [-0.15, -0.1) is 0 Å². The fraction of sp³-hybridized carbons (Fsp3) is 0.326. The normalized spacial score (nSPS) is 12.6. The third-order valence-electron chi connectivity index (χ3n) is 9.88. The molecule has 0 saturated heterocycles. The summed E-state index contributed by atoms with van der Waals surface area (Å²) >= 11 is 0. The highest BCUT2D eigenvalue weighted by atomic mass is 32.2. The number of carbonyl (C=O) groups is 4. The summed E-state index contributed by atoms with van der Waals surface area (Å²) in [5.74, 6) is -2.06. The van der Waals surface area contributed by atoms with Crippen LogP contribution >= 0.6 is 0 Å². The van der Waals surface area contributed by atoms with Crippen LogP contribution in [0.15, 0.2) is 96.0 Å². The summed E-state index contributed by atoms with van der Waals surface area (Å²) in [5, 5.41) is 1.54. The van der Waals surface area contributed by atoms with Crippen molar-refractivity contribution in [2.24, 2.45) is 0 Å². The Balaban J connectivity index is 1.42. The van der Waals surface area contributed by atoms with Gasteiger partial charge in [0, 0.05) is 43.5 Å². The Morgan fingerprint density at radius 2 is 1.54 bits per heavy atom. The zero-order chi connectivity index (χ0) is 39.8. The highest BCUT2D eigenvalue weighted by molar-refractivity contribution is 7.90. The first-order chi connectivity index (χ1) is 27.0. The second-order valence-electron chi connectivity index (χ2n) is 13.8. The van der Waals surface area contributed by atoms with Gasteiger partial charge in [-0.1, -0.05) is 81.3 Å². The van der Waals surface area contributed by atoms with Crippen LogP contribution in [0, 0.1) is 0 Å². The van der Waals surface area contributed by atoms with Crippen molar-refractivity contribution in [3.8, 4) is 11.4 Å². The minimum absolute atomic E-state index is 0.0589. The first-order valence-corrected chi connectivity index (χ1v) is 20.6. The van der Waals surface area contributed by atoms with Crippen LogP contribution in [0.5, 0.6) is 0 Å². The number of hydrogen-bond donors (Lipinski definition) is 1. The summed E-state index contributed by atoms with van der Waals surface area (Å²) in [7, 11) is -4.31. The van der Waals surface area contributed by atoms with Crippen molar-refractivity contribution in [1.29, 1.82) is 0 Å². The largest absolute Gasteiger partial charge is 0.465 e. The van der Waals surface area contributed by atoms with Crippen LogP contribution in [0.25, 0.3) is 22.2 Å². The van der Waals surface area contributed by atoms with Crippen LogP contribution in [0.1, 0.15) is 88.8 Å². The van der Waals surface area contributed by atoms with E-state index in [2.05, 4.69) is 18.6 Å². The molecule has 6 rings (SSSR count). The molecule has 1 aliphatic rings. The molecular weight excluding hydrogens is 731 g/mol. The van der Waals surface area contributed by atoms with Crippen molar-refractivity contribution in [3.05, 3.63) is 119 Å². The number of rotatable bonds is 15. The van der Waals surface area contributed by atoms with E-state index in [0.29, 0.717) is 38.0 Å². The molecule has 0 bridgehead atoms. The summed E-state index contributed by atoms with van der Waals surface area (Å²) in [6.07, 6.45) is 5.53. The van der Waals surface area contributed by atoms with Crippen molar-refractivity contribution in [2.45, 2.75) is 70.9 Å². The van der Waals surface area contributed by atoms with E-state index in [4.69, 9.17) is 9.72 Å². The molecule has 0 saturated carbocycles. The first kappa shape index (κ1) is 39.9. The molecule has 0 spiro atoms. The molecule has 5 aromatic rings. The molecule has 0 unspecified atom stereocenters. The van der Waals surface area contributed by atoms with Gasteiger partial charge in [0.15, 0.2) is 0 Å². The number of nitrogens with zero attached hydrogens (tertiary/aromatic N) is 4. The average Bonchev–Trinajstić information content (AvgIpc) is 3.62. The van der Waals surface area contributed by atoms with Gasteiger partial charge in [-0.2, -0.15) is 0 Å². The minimum Gasteiger partial charge on any atom is -0.465 e. The molecule has 292 valence electrons. The summed E-state index contributed by atoms with van der Waals surface area (Å²) < 4.78 is 35.9. The lowest BCUT2D eigenvalue weighted by Gasteiger charge is -2.29. The van der Waals surface area contributed by atoms with E-state index in [1.165, 1.54) is 41.1 Å². The molecule has 0 atom stereocenters. The van der Waals surface area contributed by atoms with Gasteiger partial charge in [0.1, 0.15) is 18.1 Å². The molecule has 3 amide bonds. The molecule has 1 aliphatic heterocycles. The van der Waals surface area contributed by atoms with Crippen LogP contribution in [-0.4, -0.2) is 77.7 Å². The zero-order valence-electron chi connectivity index (χ0n) is 32.0. The minimum atomic E-state index is -4.31. The van der Waals surface area contributed by atoms with Crippen molar-refractivity contribution >= 4 is 44.5 Å². The smallest absolute Gasteiger partial charge is 0.325 e. The quantitative estimate of drug-likeness (QED) is 0.117. The number of aromatic nitrogens is 2. The molecule has 4 aromatic carbocycles. The van der Waals surface area contributed by atoms with Crippen LogP contribution in [0.2, 0.25) is 0 Å². The van der Waals surface area contributed by atoms with Gasteiger partial charge < -0.3 is 19.1 Å². The molecule has 56 heavy (non-hydrogen) atoms. The highest BCUT2D eigenvalue weighted by Crippen LogP contribution is 2.30. The summed E-state index contributed by atoms with van der Waals surface area (Å²) in [4.78, 5) is 63.3. The third kappa shape index (κ3) is 9.00. The van der Waals surface area contributed by atoms with Crippen LogP contribution in [-0.2, 0) is 39.1 Å². The monoisotopic (exact) mass is 777 g/mol. The number of esters is 1. The van der Waals surface area contributed by atoms with Gasteiger partial charge in [-0.3, -0.25) is 19.2 Å². The van der Waals surface area contributed by atoms with Gasteiger partial charge in [0.2, 0.25) is 0 Å². The Morgan fingerprint density at radius 3 is 2.25 bits per heavy atom. The van der Waals surface area contributed by atoms with Gasteiger partial charge in [0.05, 0.1) is 17.1 Å². The van der Waals surface area contributed by atoms with Gasteiger partial charge in [0.25, 0.3) is 27.7 Å². The third-order valence-corrected chi connectivity index (χ3v) is 11.2. The number of carbonyl (C=O) groups excluding carboxylic acids is 4. The number of sulfonamides is 1. The molecule has 1 N–H and O–H groups in total. The number of fused-ring (bicyclic) bond motifs is 2. The van der Waals surface area contributed by atoms with Gasteiger partial charge >= 0.3 is 5.97 Å². The Kier molecular flexibility index (Phi) is 12.6. The number of hydrogen-bond acceptors (Lipinski definition) is 8. The maximum absolute atomic E-state index is 14.6. The van der Waals surface area contributed by atoms with E-state index in [1.54, 1.807) is 34.9 Å². The Bertz CT molecular complexity index is 2360. The fourth-order valence-corrected chi connectivity index (χ4v) is 7.86. The molecule has 1 aromatic heterocycles. The van der Waals surface area contributed by atoms with Crippen LogP contribution < -0.4 is 4.72 Å². The number of nitrogens with one attached hydrogen (secondary N) is 1. The summed E-state index contributed by atoms with van der Waals surface area (Å²) in [5.41, 5.74) is 2.46.